The molecule has 1 N–H and O–H groups in total. The van der Waals surface area contributed by atoms with Gasteiger partial charge < -0.3 is 5.11 Å². The molecule has 0 spiro atoms. The van der Waals surface area contributed by atoms with Crippen LogP contribution < -0.4 is 5.56 Å². The smallest absolute Gasteiger partial charge is 0.375 e. The first-order chi connectivity index (χ1) is 8.57. The molecule has 0 unspecified atom stereocenters. The van der Waals surface area contributed by atoms with Crippen molar-refractivity contribution in [2.45, 2.75) is 6.54 Å². The lowest BCUT2D eigenvalue weighted by Crippen LogP contribution is -2.22. The second kappa shape index (κ2) is 4.33. The van der Waals surface area contributed by atoms with Crippen LogP contribution in [0, 0.1) is 10.1 Å². The number of nitro groups is 1. The van der Waals surface area contributed by atoms with E-state index in [1.807, 2.05) is 0 Å². The molecule has 0 saturated carbocycles. The molecule has 1 aromatic carbocycles. The summed E-state index contributed by atoms with van der Waals surface area (Å²) in [6, 6.07) is 6.46. The van der Waals surface area contributed by atoms with E-state index in [4.69, 9.17) is 0 Å². The zero-order valence-electron chi connectivity index (χ0n) is 9.37. The van der Waals surface area contributed by atoms with Crippen LogP contribution in [0.2, 0.25) is 0 Å². The summed E-state index contributed by atoms with van der Waals surface area (Å²) < 4.78 is 1.21. The molecule has 0 fully saturated rings. The van der Waals surface area contributed by atoms with Gasteiger partial charge in [0.15, 0.2) is 0 Å². The number of benzene rings is 1. The number of rotatable bonds is 3. The van der Waals surface area contributed by atoms with Gasteiger partial charge in [0.05, 0.1) is 10.4 Å². The van der Waals surface area contributed by atoms with Crippen molar-refractivity contribution in [3.63, 3.8) is 0 Å². The van der Waals surface area contributed by atoms with Crippen LogP contribution in [0.15, 0.2) is 41.7 Å². The Kier molecular flexibility index (Phi) is 2.85. The fourth-order valence-electron chi connectivity index (χ4n) is 1.85. The van der Waals surface area contributed by atoms with E-state index in [1.165, 1.54) is 16.7 Å². The third-order valence-electron chi connectivity index (χ3n) is 2.62. The van der Waals surface area contributed by atoms with Crippen LogP contribution in [0.25, 0.3) is 10.9 Å². The summed E-state index contributed by atoms with van der Waals surface area (Å²) in [4.78, 5) is 21.9. The number of aromatic hydroxyl groups is 1. The highest BCUT2D eigenvalue weighted by Gasteiger charge is 2.24. The number of hydrogen-bond acceptors (Lipinski definition) is 4. The Balaban J connectivity index is 3.01. The van der Waals surface area contributed by atoms with Gasteiger partial charge in [-0.05, 0) is 12.1 Å². The summed E-state index contributed by atoms with van der Waals surface area (Å²) >= 11 is 0. The van der Waals surface area contributed by atoms with Crippen LogP contribution in [0.1, 0.15) is 0 Å². The maximum Gasteiger partial charge on any atom is 0.375 e. The van der Waals surface area contributed by atoms with Gasteiger partial charge in [-0.3, -0.25) is 19.5 Å². The zero-order chi connectivity index (χ0) is 13.3. The van der Waals surface area contributed by atoms with Crippen molar-refractivity contribution < 1.29 is 10.0 Å². The van der Waals surface area contributed by atoms with Crippen LogP contribution in [-0.4, -0.2) is 14.6 Å². The van der Waals surface area contributed by atoms with Crippen LogP contribution in [0.5, 0.6) is 5.75 Å². The van der Waals surface area contributed by atoms with Crippen molar-refractivity contribution in [2.24, 2.45) is 0 Å². The molecule has 18 heavy (non-hydrogen) atoms. The van der Waals surface area contributed by atoms with Crippen LogP contribution >= 0.6 is 0 Å². The van der Waals surface area contributed by atoms with E-state index in [-0.39, 0.29) is 11.9 Å². The Morgan fingerprint density at radius 2 is 2.11 bits per heavy atom. The lowest BCUT2D eigenvalue weighted by molar-refractivity contribution is -0.387. The average molecular weight is 246 g/mol. The molecular weight excluding hydrogens is 236 g/mol. The summed E-state index contributed by atoms with van der Waals surface area (Å²) in [5, 5.41) is 20.9. The fraction of sp³-hybridized carbons (Fsp3) is 0.0833. The highest BCUT2D eigenvalue weighted by molar-refractivity contribution is 5.88. The van der Waals surface area contributed by atoms with Gasteiger partial charge in [0, 0.05) is 11.9 Å². The van der Waals surface area contributed by atoms with Crippen molar-refractivity contribution in [2.75, 3.05) is 0 Å². The molecule has 0 radical (unpaired) electrons. The fourth-order valence-corrected chi connectivity index (χ4v) is 1.85. The normalized spacial score (nSPS) is 10.4. The Morgan fingerprint density at radius 1 is 1.44 bits per heavy atom. The molecule has 1 aromatic heterocycles. The number of pyridine rings is 1. The number of para-hydroxylation sites is 1. The highest BCUT2D eigenvalue weighted by Crippen LogP contribution is 2.30. The Hall–Kier alpha value is -2.63. The van der Waals surface area contributed by atoms with Gasteiger partial charge in [-0.1, -0.05) is 18.2 Å². The number of allylic oxidation sites excluding steroid dienone is 1. The Morgan fingerprint density at radius 3 is 2.72 bits per heavy atom. The molecule has 2 rings (SSSR count). The molecule has 92 valence electrons. The van der Waals surface area contributed by atoms with Crippen LogP contribution in [0.3, 0.4) is 0 Å². The predicted octanol–water partition coefficient (Wildman–Crippen LogP) is 1.80. The minimum absolute atomic E-state index is 0.139. The quantitative estimate of drug-likeness (QED) is 0.508. The minimum Gasteiger partial charge on any atom is -0.501 e. The average Bonchev–Trinajstić information content (AvgIpc) is 2.34. The molecule has 1 heterocycles. The standard InChI is InChI=1S/C12H10N2O4/c1-2-7-13-9-6-4-3-5-8(9)11(15)10(12(13)16)14(17)18/h2-6,15H,1,7H2. The van der Waals surface area contributed by atoms with Crippen molar-refractivity contribution in [3.8, 4) is 5.75 Å². The summed E-state index contributed by atoms with van der Waals surface area (Å²) in [5.74, 6) is -0.596. The minimum atomic E-state index is -0.871. The van der Waals surface area contributed by atoms with Crippen molar-refractivity contribution in [1.82, 2.24) is 4.57 Å². The zero-order valence-corrected chi connectivity index (χ0v) is 9.37. The molecule has 0 atom stereocenters. The van der Waals surface area contributed by atoms with Gasteiger partial charge in [-0.2, -0.15) is 0 Å². The molecule has 0 saturated heterocycles. The van der Waals surface area contributed by atoms with Gasteiger partial charge in [0.1, 0.15) is 0 Å². The first kappa shape index (κ1) is 11.8. The Bertz CT molecular complexity index is 703. The van der Waals surface area contributed by atoms with Gasteiger partial charge in [0.2, 0.25) is 5.75 Å². The van der Waals surface area contributed by atoms with Gasteiger partial charge in [-0.25, -0.2) is 0 Å². The maximum atomic E-state index is 11.9. The molecule has 2 aromatic rings. The van der Waals surface area contributed by atoms with Crippen molar-refractivity contribution in [3.05, 3.63) is 57.4 Å². The van der Waals surface area contributed by atoms with E-state index in [1.54, 1.807) is 18.2 Å². The molecular formula is C12H10N2O4. The molecule has 0 aliphatic rings. The van der Waals surface area contributed by atoms with Crippen molar-refractivity contribution >= 4 is 16.6 Å². The maximum absolute atomic E-state index is 11.9. The van der Waals surface area contributed by atoms with E-state index in [0.717, 1.165) is 0 Å². The molecule has 6 heteroatoms. The van der Waals surface area contributed by atoms with Gasteiger partial charge >= 0.3 is 11.2 Å². The summed E-state index contributed by atoms with van der Waals surface area (Å²) in [5.41, 5.74) is -1.21. The number of aromatic nitrogens is 1. The van der Waals surface area contributed by atoms with E-state index < -0.39 is 21.9 Å². The number of fused-ring (bicyclic) bond motifs is 1. The first-order valence-corrected chi connectivity index (χ1v) is 5.17. The highest BCUT2D eigenvalue weighted by atomic mass is 16.6. The molecule has 0 aliphatic carbocycles. The summed E-state index contributed by atoms with van der Waals surface area (Å²) in [6.07, 6.45) is 1.47. The third-order valence-corrected chi connectivity index (χ3v) is 2.62. The van der Waals surface area contributed by atoms with Crippen molar-refractivity contribution in [1.29, 1.82) is 0 Å². The van der Waals surface area contributed by atoms with E-state index in [2.05, 4.69) is 6.58 Å². The largest absolute Gasteiger partial charge is 0.501 e. The first-order valence-electron chi connectivity index (χ1n) is 5.17. The van der Waals surface area contributed by atoms with E-state index in [0.29, 0.717) is 5.52 Å². The lowest BCUT2D eigenvalue weighted by atomic mass is 10.1. The molecule has 6 nitrogen and oxygen atoms in total. The van der Waals surface area contributed by atoms with Crippen LogP contribution in [0.4, 0.5) is 5.69 Å². The van der Waals surface area contributed by atoms with E-state index in [9.17, 15) is 20.0 Å². The lowest BCUT2D eigenvalue weighted by Gasteiger charge is -2.09. The third kappa shape index (κ3) is 1.64. The number of hydrogen-bond donors (Lipinski definition) is 1. The summed E-state index contributed by atoms with van der Waals surface area (Å²) in [6.45, 7) is 3.65. The molecule has 0 aliphatic heterocycles. The number of nitrogens with zero attached hydrogens (tertiary/aromatic N) is 2. The monoisotopic (exact) mass is 246 g/mol. The SMILES string of the molecule is C=CCn1c(=O)c([N+](=O)[O-])c(O)c2ccccc21. The second-order valence-corrected chi connectivity index (χ2v) is 3.68. The predicted molar refractivity (Wildman–Crippen MR) is 66.7 cm³/mol. The van der Waals surface area contributed by atoms with Gasteiger partial charge in [0.25, 0.3) is 0 Å². The molecule has 0 amide bonds. The molecule has 0 bridgehead atoms. The van der Waals surface area contributed by atoms with E-state index >= 15 is 0 Å². The Labute approximate surface area is 102 Å². The topological polar surface area (TPSA) is 85.4 Å². The van der Waals surface area contributed by atoms with Crippen LogP contribution in [-0.2, 0) is 6.54 Å². The summed E-state index contributed by atoms with van der Waals surface area (Å²) in [7, 11) is 0. The van der Waals surface area contributed by atoms with Gasteiger partial charge in [-0.15, -0.1) is 6.58 Å². The second-order valence-electron chi connectivity index (χ2n) is 3.68.